The Kier molecular flexibility index (Phi) is 5.30. The largest absolute Gasteiger partial charge is 0.496 e. The average Bonchev–Trinajstić information content (AvgIpc) is 2.36. The summed E-state index contributed by atoms with van der Waals surface area (Å²) >= 11 is 0. The highest BCUT2D eigenvalue weighted by molar-refractivity contribution is 5.94. The number of ketones is 1. The second-order valence-electron chi connectivity index (χ2n) is 4.38. The first-order valence-electron chi connectivity index (χ1n) is 5.92. The number of rotatable bonds is 6. The van der Waals surface area contributed by atoms with Crippen molar-refractivity contribution in [1.29, 1.82) is 0 Å². The first-order valence-corrected chi connectivity index (χ1v) is 5.92. The van der Waals surface area contributed by atoms with E-state index in [1.165, 1.54) is 14.0 Å². The maximum atomic E-state index is 11.7. The average molecular weight is 262 g/mol. The van der Waals surface area contributed by atoms with Gasteiger partial charge in [-0.2, -0.15) is 0 Å². The van der Waals surface area contributed by atoms with Crippen molar-refractivity contribution in [3.8, 4) is 5.75 Å². The van der Waals surface area contributed by atoms with Crippen molar-refractivity contribution in [2.24, 2.45) is 0 Å². The van der Waals surface area contributed by atoms with Crippen LogP contribution in [0.4, 0.5) is 0 Å². The molecule has 0 aliphatic carbocycles. The molecule has 0 atom stereocenters. The molecule has 19 heavy (non-hydrogen) atoms. The molecule has 1 aromatic rings. The van der Waals surface area contributed by atoms with Crippen molar-refractivity contribution < 1.29 is 19.1 Å². The number of benzene rings is 1. The molecule has 4 nitrogen and oxygen atoms in total. The monoisotopic (exact) mass is 262 g/mol. The van der Waals surface area contributed by atoms with Gasteiger partial charge in [-0.15, -0.1) is 0 Å². The van der Waals surface area contributed by atoms with E-state index >= 15 is 0 Å². The van der Waals surface area contributed by atoms with Crippen LogP contribution >= 0.6 is 0 Å². The molecular weight excluding hydrogens is 244 g/mol. The Morgan fingerprint density at radius 3 is 2.47 bits per heavy atom. The van der Waals surface area contributed by atoms with Crippen LogP contribution in [0.15, 0.2) is 30.4 Å². The number of Topliss-reactive ketones (excluding diaryl/α,β-unsaturated/α-hetero) is 1. The first kappa shape index (κ1) is 15.0. The second kappa shape index (κ2) is 6.73. The number of methoxy groups -OCH3 is 1. The Balaban J connectivity index is 2.85. The van der Waals surface area contributed by atoms with E-state index in [1.54, 1.807) is 25.1 Å². The summed E-state index contributed by atoms with van der Waals surface area (Å²) < 4.78 is 10.2. The Hall–Kier alpha value is -2.10. The van der Waals surface area contributed by atoms with Crippen molar-refractivity contribution in [1.82, 2.24) is 0 Å². The van der Waals surface area contributed by atoms with Crippen molar-refractivity contribution in [3.05, 3.63) is 41.5 Å². The Bertz CT molecular complexity index is 503. The predicted molar refractivity (Wildman–Crippen MR) is 72.5 cm³/mol. The molecule has 0 spiro atoms. The van der Waals surface area contributed by atoms with E-state index in [9.17, 15) is 9.59 Å². The molecule has 0 heterocycles. The molecule has 1 rings (SSSR count). The first-order chi connectivity index (χ1) is 8.93. The smallest absolute Gasteiger partial charge is 0.310 e. The maximum absolute atomic E-state index is 11.7. The quantitative estimate of drug-likeness (QED) is 0.449. The molecule has 0 radical (unpaired) electrons. The van der Waals surface area contributed by atoms with Gasteiger partial charge in [0, 0.05) is 11.1 Å². The van der Waals surface area contributed by atoms with Gasteiger partial charge in [0.2, 0.25) is 0 Å². The number of hydrogen-bond donors (Lipinski definition) is 0. The van der Waals surface area contributed by atoms with Gasteiger partial charge < -0.3 is 9.47 Å². The predicted octanol–water partition coefficient (Wildman–Crippen LogP) is 2.56. The van der Waals surface area contributed by atoms with Crippen LogP contribution < -0.4 is 4.74 Å². The molecule has 0 aromatic heterocycles. The van der Waals surface area contributed by atoms with Gasteiger partial charge in [0.05, 0.1) is 13.5 Å². The summed E-state index contributed by atoms with van der Waals surface area (Å²) in [6.45, 7) is 7.12. The van der Waals surface area contributed by atoms with E-state index in [0.29, 0.717) is 16.9 Å². The Labute approximate surface area is 113 Å². The van der Waals surface area contributed by atoms with E-state index in [0.717, 1.165) is 5.57 Å². The molecule has 0 aliphatic heterocycles. The summed E-state index contributed by atoms with van der Waals surface area (Å²) in [5.41, 5.74) is 1.96. The highest BCUT2D eigenvalue weighted by atomic mass is 16.5. The molecule has 1 aromatic carbocycles. The van der Waals surface area contributed by atoms with Gasteiger partial charge in [0.1, 0.15) is 12.4 Å². The number of carbonyl (C=O) groups excluding carboxylic acids is 2. The van der Waals surface area contributed by atoms with Gasteiger partial charge in [-0.05, 0) is 37.6 Å². The molecule has 102 valence electrons. The minimum atomic E-state index is -0.373. The normalized spacial score (nSPS) is 9.84. The summed E-state index contributed by atoms with van der Waals surface area (Å²) in [5, 5.41) is 0. The van der Waals surface area contributed by atoms with E-state index in [2.05, 4.69) is 6.58 Å². The van der Waals surface area contributed by atoms with Crippen molar-refractivity contribution in [2.75, 3.05) is 13.7 Å². The fraction of sp³-hybridized carbons (Fsp3) is 0.333. The van der Waals surface area contributed by atoms with Crippen molar-refractivity contribution in [2.45, 2.75) is 20.3 Å². The minimum absolute atomic E-state index is 0.0563. The molecule has 0 fully saturated rings. The summed E-state index contributed by atoms with van der Waals surface area (Å²) in [5.74, 6) is 0.137. The lowest BCUT2D eigenvalue weighted by molar-refractivity contribution is -0.141. The highest BCUT2D eigenvalue weighted by Gasteiger charge is 2.12. The molecule has 0 bridgehead atoms. The summed E-state index contributed by atoms with van der Waals surface area (Å²) in [6, 6.07) is 5.01. The zero-order valence-electron chi connectivity index (χ0n) is 11.5. The SMILES string of the molecule is C=C(C)COC(=O)Cc1cc(C(C)=O)ccc1OC. The third kappa shape index (κ3) is 4.58. The lowest BCUT2D eigenvalue weighted by atomic mass is 10.0. The number of carbonyl (C=O) groups is 2. The van der Waals surface area contributed by atoms with Crippen molar-refractivity contribution >= 4 is 11.8 Å². The van der Waals surface area contributed by atoms with E-state index < -0.39 is 0 Å². The topological polar surface area (TPSA) is 52.6 Å². The van der Waals surface area contributed by atoms with Gasteiger partial charge in [-0.25, -0.2) is 0 Å². The van der Waals surface area contributed by atoms with E-state index in [-0.39, 0.29) is 24.8 Å². The second-order valence-corrected chi connectivity index (χ2v) is 4.38. The van der Waals surface area contributed by atoms with Crippen LogP contribution in [0.2, 0.25) is 0 Å². The highest BCUT2D eigenvalue weighted by Crippen LogP contribution is 2.21. The molecule has 0 unspecified atom stereocenters. The molecule has 0 N–H and O–H groups in total. The summed E-state index contributed by atoms with van der Waals surface area (Å²) in [6.07, 6.45) is 0.0670. The zero-order chi connectivity index (χ0) is 14.4. The summed E-state index contributed by atoms with van der Waals surface area (Å²) in [4.78, 5) is 23.0. The number of ether oxygens (including phenoxy) is 2. The third-order valence-corrected chi connectivity index (χ3v) is 2.50. The molecule has 0 saturated carbocycles. The van der Waals surface area contributed by atoms with Crippen LogP contribution in [0.5, 0.6) is 5.75 Å². The standard InChI is InChI=1S/C15H18O4/c1-10(2)9-19-15(17)8-13-7-12(11(3)16)5-6-14(13)18-4/h5-7H,1,8-9H2,2-4H3. The van der Waals surface area contributed by atoms with Gasteiger partial charge in [0.25, 0.3) is 0 Å². The van der Waals surface area contributed by atoms with E-state index in [4.69, 9.17) is 9.47 Å². The molecule has 0 aliphatic rings. The van der Waals surface area contributed by atoms with Crippen LogP contribution in [-0.4, -0.2) is 25.5 Å². The van der Waals surface area contributed by atoms with Crippen LogP contribution in [0.25, 0.3) is 0 Å². The molecule has 0 saturated heterocycles. The van der Waals surface area contributed by atoms with Crippen LogP contribution in [0.1, 0.15) is 29.8 Å². The molecular formula is C15H18O4. The van der Waals surface area contributed by atoms with E-state index in [1.807, 2.05) is 0 Å². The zero-order valence-corrected chi connectivity index (χ0v) is 11.5. The fourth-order valence-electron chi connectivity index (χ4n) is 1.55. The number of esters is 1. The third-order valence-electron chi connectivity index (χ3n) is 2.50. The van der Waals surface area contributed by atoms with Gasteiger partial charge >= 0.3 is 5.97 Å². The van der Waals surface area contributed by atoms with Crippen molar-refractivity contribution in [3.63, 3.8) is 0 Å². The Morgan fingerprint density at radius 2 is 1.95 bits per heavy atom. The van der Waals surface area contributed by atoms with Crippen LogP contribution in [-0.2, 0) is 16.0 Å². The van der Waals surface area contributed by atoms with Gasteiger partial charge in [0.15, 0.2) is 5.78 Å². The molecule has 0 amide bonds. The maximum Gasteiger partial charge on any atom is 0.310 e. The van der Waals surface area contributed by atoms with Gasteiger partial charge in [-0.3, -0.25) is 9.59 Å². The lowest BCUT2D eigenvalue weighted by Gasteiger charge is -2.10. The van der Waals surface area contributed by atoms with Crippen LogP contribution in [0.3, 0.4) is 0 Å². The van der Waals surface area contributed by atoms with Gasteiger partial charge in [-0.1, -0.05) is 6.58 Å². The Morgan fingerprint density at radius 1 is 1.26 bits per heavy atom. The molecule has 4 heteroatoms. The lowest BCUT2D eigenvalue weighted by Crippen LogP contribution is -2.11. The summed E-state index contributed by atoms with van der Waals surface area (Å²) in [7, 11) is 1.52. The fourth-order valence-corrected chi connectivity index (χ4v) is 1.55. The minimum Gasteiger partial charge on any atom is -0.496 e. The van der Waals surface area contributed by atoms with Crippen LogP contribution in [0, 0.1) is 0 Å². The number of hydrogen-bond acceptors (Lipinski definition) is 4.